The van der Waals surface area contributed by atoms with Gasteiger partial charge in [0.1, 0.15) is 0 Å². The topological polar surface area (TPSA) is 87.1 Å². The minimum Gasteiger partial charge on any atom is -0.396 e. The number of aliphatic hydroxyl groups excluding tert-OH is 1. The summed E-state index contributed by atoms with van der Waals surface area (Å²) in [5, 5.41) is 12.4. The molecule has 0 saturated heterocycles. The molecule has 124 valence electrons. The van der Waals surface area contributed by atoms with Crippen molar-refractivity contribution in [2.24, 2.45) is 5.92 Å². The number of fused-ring (bicyclic) bond motifs is 1. The van der Waals surface area contributed by atoms with Gasteiger partial charge in [-0.25, -0.2) is 0 Å². The molecule has 23 heavy (non-hydrogen) atoms. The van der Waals surface area contributed by atoms with E-state index < -0.39 is 0 Å². The first-order valence-electron chi connectivity index (χ1n) is 7.56. The van der Waals surface area contributed by atoms with Gasteiger partial charge in [-0.2, -0.15) is 0 Å². The van der Waals surface area contributed by atoms with Crippen LogP contribution in [0.1, 0.15) is 20.3 Å². The molecule has 0 bridgehead atoms. The highest BCUT2D eigenvalue weighted by Crippen LogP contribution is 2.06. The molecule has 1 aromatic carbocycles. The predicted octanol–water partition coefficient (Wildman–Crippen LogP) is 1.58. The first kappa shape index (κ1) is 17.4. The maximum absolute atomic E-state index is 12.5. The smallest absolute Gasteiger partial charge is 0.262 e. The van der Waals surface area contributed by atoms with E-state index in [-0.39, 0.29) is 43.0 Å². The van der Waals surface area contributed by atoms with Crippen LogP contribution in [0.25, 0.3) is 10.9 Å². The number of aromatic amines is 1. The van der Waals surface area contributed by atoms with Crippen molar-refractivity contribution < 1.29 is 9.90 Å². The van der Waals surface area contributed by atoms with Crippen molar-refractivity contribution in [2.45, 2.75) is 32.9 Å². The monoisotopic (exact) mass is 335 g/mol. The minimum absolute atomic E-state index is 0.0108. The first-order valence-corrected chi connectivity index (χ1v) is 7.97. The van der Waals surface area contributed by atoms with Crippen molar-refractivity contribution >= 4 is 29.0 Å². The normalized spacial score (nSPS) is 13.7. The van der Waals surface area contributed by atoms with Crippen molar-refractivity contribution in [3.8, 4) is 0 Å². The summed E-state index contributed by atoms with van der Waals surface area (Å²) in [7, 11) is 0. The fourth-order valence-electron chi connectivity index (χ4n) is 2.24. The second-order valence-electron chi connectivity index (χ2n) is 5.70. The second-order valence-corrected chi connectivity index (χ2v) is 6.09. The molecule has 0 fully saturated rings. The Morgan fingerprint density at radius 2 is 2.09 bits per heavy atom. The lowest BCUT2D eigenvalue weighted by Crippen LogP contribution is -2.39. The standard InChI is InChI=1S/C16H21N3O3S/c1-10(9-20)11(2)17-14(21)7-8-19-15(22)12-5-3-4-6-13(12)18-16(19)23/h3-6,10-11,20H,7-9H2,1-2H3,(H,17,21)(H,18,23)/t10-,11-/m0/s1. The average molecular weight is 335 g/mol. The number of aliphatic hydroxyl groups is 1. The van der Waals surface area contributed by atoms with Crippen molar-refractivity contribution in [2.75, 3.05) is 6.61 Å². The van der Waals surface area contributed by atoms with Gasteiger partial charge < -0.3 is 15.4 Å². The lowest BCUT2D eigenvalue weighted by Gasteiger charge is -2.19. The van der Waals surface area contributed by atoms with E-state index in [2.05, 4.69) is 10.3 Å². The first-order chi connectivity index (χ1) is 10.9. The van der Waals surface area contributed by atoms with Gasteiger partial charge in [-0.15, -0.1) is 0 Å². The number of para-hydroxylation sites is 1. The molecule has 2 aromatic rings. The highest BCUT2D eigenvalue weighted by molar-refractivity contribution is 7.71. The van der Waals surface area contributed by atoms with Crippen LogP contribution >= 0.6 is 12.2 Å². The number of carbonyl (C=O) groups is 1. The molecule has 3 N–H and O–H groups in total. The zero-order valence-electron chi connectivity index (χ0n) is 13.2. The SMILES string of the molecule is C[C@H](NC(=O)CCn1c(=S)[nH]c2ccccc2c1=O)[C@@H](C)CO. The summed E-state index contributed by atoms with van der Waals surface area (Å²) in [6, 6.07) is 7.01. The van der Waals surface area contributed by atoms with Crippen LogP contribution in [-0.2, 0) is 11.3 Å². The fraction of sp³-hybridized carbons (Fsp3) is 0.438. The lowest BCUT2D eigenvalue weighted by atomic mass is 10.1. The number of carbonyl (C=O) groups excluding carboxylic acids is 1. The molecule has 7 heteroatoms. The summed E-state index contributed by atoms with van der Waals surface area (Å²) < 4.78 is 1.70. The molecule has 1 heterocycles. The molecule has 2 rings (SSSR count). The molecule has 0 spiro atoms. The Kier molecular flexibility index (Phi) is 5.68. The van der Waals surface area contributed by atoms with Crippen molar-refractivity contribution in [3.05, 3.63) is 39.4 Å². The Morgan fingerprint density at radius 1 is 1.39 bits per heavy atom. The van der Waals surface area contributed by atoms with Crippen LogP contribution in [0.3, 0.4) is 0 Å². The highest BCUT2D eigenvalue weighted by Gasteiger charge is 2.14. The van der Waals surface area contributed by atoms with Gasteiger partial charge in [0.15, 0.2) is 4.77 Å². The van der Waals surface area contributed by atoms with Crippen LogP contribution < -0.4 is 10.9 Å². The number of nitrogens with zero attached hydrogens (tertiary/aromatic N) is 1. The molecule has 0 radical (unpaired) electrons. The Labute approximate surface area is 139 Å². The number of amides is 1. The van der Waals surface area contributed by atoms with Gasteiger partial charge in [0.05, 0.1) is 10.9 Å². The third kappa shape index (κ3) is 4.05. The minimum atomic E-state index is -0.200. The summed E-state index contributed by atoms with van der Waals surface area (Å²) in [5.41, 5.74) is 0.488. The van der Waals surface area contributed by atoms with Crippen LogP contribution in [0.2, 0.25) is 0 Å². The van der Waals surface area contributed by atoms with Gasteiger partial charge in [0, 0.05) is 25.6 Å². The van der Waals surface area contributed by atoms with E-state index in [9.17, 15) is 9.59 Å². The molecule has 1 amide bonds. The van der Waals surface area contributed by atoms with E-state index in [0.29, 0.717) is 15.7 Å². The fourth-order valence-corrected chi connectivity index (χ4v) is 2.53. The van der Waals surface area contributed by atoms with E-state index >= 15 is 0 Å². The third-order valence-corrected chi connectivity index (χ3v) is 4.30. The second kappa shape index (κ2) is 7.52. The Hall–Kier alpha value is -1.99. The molecule has 0 aliphatic carbocycles. The van der Waals surface area contributed by atoms with Gasteiger partial charge in [-0.05, 0) is 37.2 Å². The van der Waals surface area contributed by atoms with Crippen LogP contribution in [0, 0.1) is 10.7 Å². The maximum Gasteiger partial charge on any atom is 0.262 e. The van der Waals surface area contributed by atoms with Crippen LogP contribution in [-0.4, -0.2) is 33.2 Å². The summed E-state index contributed by atoms with van der Waals surface area (Å²) in [5.74, 6) is -0.197. The van der Waals surface area contributed by atoms with Crippen molar-refractivity contribution in [1.82, 2.24) is 14.9 Å². The molecule has 1 aromatic heterocycles. The largest absolute Gasteiger partial charge is 0.396 e. The molecule has 0 unspecified atom stereocenters. The Bertz CT molecular complexity index is 812. The summed E-state index contributed by atoms with van der Waals surface area (Å²) in [4.78, 5) is 27.4. The number of nitrogens with one attached hydrogen (secondary N) is 2. The van der Waals surface area contributed by atoms with E-state index in [1.54, 1.807) is 18.2 Å². The summed E-state index contributed by atoms with van der Waals surface area (Å²) in [6.45, 7) is 3.92. The number of hydrogen-bond donors (Lipinski definition) is 3. The summed E-state index contributed by atoms with van der Waals surface area (Å²) >= 11 is 5.21. The number of rotatable bonds is 6. The molecular formula is C16H21N3O3S. The Morgan fingerprint density at radius 3 is 2.78 bits per heavy atom. The number of benzene rings is 1. The van der Waals surface area contributed by atoms with E-state index in [1.807, 2.05) is 19.9 Å². The maximum atomic E-state index is 12.5. The predicted molar refractivity (Wildman–Crippen MR) is 91.9 cm³/mol. The van der Waals surface area contributed by atoms with Gasteiger partial charge >= 0.3 is 0 Å². The van der Waals surface area contributed by atoms with Crippen LogP contribution in [0.15, 0.2) is 29.1 Å². The van der Waals surface area contributed by atoms with E-state index in [4.69, 9.17) is 17.3 Å². The van der Waals surface area contributed by atoms with Crippen molar-refractivity contribution in [3.63, 3.8) is 0 Å². The average Bonchev–Trinajstić information content (AvgIpc) is 2.53. The van der Waals surface area contributed by atoms with E-state index in [1.165, 1.54) is 4.57 Å². The molecule has 0 aliphatic heterocycles. The van der Waals surface area contributed by atoms with Gasteiger partial charge in [-0.1, -0.05) is 19.1 Å². The van der Waals surface area contributed by atoms with Gasteiger partial charge in [0.25, 0.3) is 5.56 Å². The Balaban J connectivity index is 2.12. The molecule has 0 saturated carbocycles. The molecular weight excluding hydrogens is 314 g/mol. The van der Waals surface area contributed by atoms with Crippen molar-refractivity contribution in [1.29, 1.82) is 0 Å². The number of hydrogen-bond acceptors (Lipinski definition) is 4. The zero-order chi connectivity index (χ0) is 17.0. The molecule has 6 nitrogen and oxygen atoms in total. The van der Waals surface area contributed by atoms with Gasteiger partial charge in [-0.3, -0.25) is 14.2 Å². The van der Waals surface area contributed by atoms with Crippen LogP contribution in [0.5, 0.6) is 0 Å². The lowest BCUT2D eigenvalue weighted by molar-refractivity contribution is -0.122. The zero-order valence-corrected chi connectivity index (χ0v) is 14.0. The molecule has 2 atom stereocenters. The number of H-pyrrole nitrogens is 1. The third-order valence-electron chi connectivity index (χ3n) is 3.98. The summed E-state index contributed by atoms with van der Waals surface area (Å²) in [6.07, 6.45) is 0.151. The van der Waals surface area contributed by atoms with Crippen LogP contribution in [0.4, 0.5) is 0 Å². The van der Waals surface area contributed by atoms with E-state index in [0.717, 1.165) is 0 Å². The highest BCUT2D eigenvalue weighted by atomic mass is 32.1. The quantitative estimate of drug-likeness (QED) is 0.700. The molecule has 0 aliphatic rings. The number of aromatic nitrogens is 2. The van der Waals surface area contributed by atoms with Gasteiger partial charge in [0.2, 0.25) is 5.91 Å².